The molecule has 280 valence electrons. The lowest BCUT2D eigenvalue weighted by atomic mass is 9.88. The summed E-state index contributed by atoms with van der Waals surface area (Å²) >= 11 is 0. The molecule has 1 aromatic heterocycles. The molecule has 0 spiro atoms. The Kier molecular flexibility index (Phi) is 9.77. The summed E-state index contributed by atoms with van der Waals surface area (Å²) in [6.07, 6.45) is 0.660. The summed E-state index contributed by atoms with van der Waals surface area (Å²) in [7, 11) is 0. The Labute approximate surface area is 341 Å². The van der Waals surface area contributed by atoms with Crippen LogP contribution in [0.5, 0.6) is 0 Å². The minimum absolute atomic E-state index is 0.660. The minimum atomic E-state index is 0.660. The SMILES string of the molecule is C=C(N=C(Cc1ccccc1-c1cc(-c2ccc3c(c2)c2ccccc2n3-c2ccccc2)ccc1C)C1=C(C)c2cccc3cccc1c23)c1ccccc1.CC. The van der Waals surface area contributed by atoms with E-state index in [4.69, 9.17) is 4.99 Å². The van der Waals surface area contributed by atoms with Crippen molar-refractivity contribution in [2.75, 3.05) is 0 Å². The molecule has 10 rings (SSSR count). The molecule has 0 radical (unpaired) electrons. The van der Waals surface area contributed by atoms with E-state index in [0.717, 1.165) is 17.0 Å². The molecule has 0 saturated carbocycles. The van der Waals surface area contributed by atoms with Crippen molar-refractivity contribution < 1.29 is 0 Å². The van der Waals surface area contributed by atoms with Crippen molar-refractivity contribution in [2.45, 2.75) is 34.1 Å². The third-order valence-electron chi connectivity index (χ3n) is 11.5. The zero-order chi connectivity index (χ0) is 39.8. The van der Waals surface area contributed by atoms with Crippen LogP contribution in [0.2, 0.25) is 0 Å². The highest BCUT2D eigenvalue weighted by Gasteiger charge is 2.26. The Balaban J connectivity index is 0.00000215. The Bertz CT molecular complexity index is 3060. The number of nitrogens with zero attached hydrogens (tertiary/aromatic N) is 2. The van der Waals surface area contributed by atoms with Crippen molar-refractivity contribution in [1.82, 2.24) is 4.57 Å². The van der Waals surface area contributed by atoms with Crippen LogP contribution < -0.4 is 0 Å². The molecule has 0 atom stereocenters. The molecule has 0 N–H and O–H groups in total. The van der Waals surface area contributed by atoms with Gasteiger partial charge in [-0.1, -0.05) is 166 Å². The van der Waals surface area contributed by atoms with Crippen LogP contribution in [0, 0.1) is 6.92 Å². The maximum Gasteiger partial charge on any atom is 0.0633 e. The largest absolute Gasteiger partial charge is 0.309 e. The molecule has 1 heterocycles. The molecule has 0 bridgehead atoms. The van der Waals surface area contributed by atoms with Crippen LogP contribution in [0.3, 0.4) is 0 Å². The first kappa shape index (κ1) is 36.6. The average molecular weight is 747 g/mol. The number of aromatic nitrogens is 1. The number of para-hydroxylation sites is 2. The summed E-state index contributed by atoms with van der Waals surface area (Å²) < 4.78 is 2.37. The number of rotatable bonds is 8. The van der Waals surface area contributed by atoms with E-state index in [1.54, 1.807) is 0 Å². The first-order valence-corrected chi connectivity index (χ1v) is 20.4. The third-order valence-corrected chi connectivity index (χ3v) is 11.5. The molecule has 2 nitrogen and oxygen atoms in total. The van der Waals surface area contributed by atoms with Crippen molar-refractivity contribution in [2.24, 2.45) is 4.99 Å². The minimum Gasteiger partial charge on any atom is -0.309 e. The summed E-state index contributed by atoms with van der Waals surface area (Å²) in [6.45, 7) is 13.0. The fourth-order valence-corrected chi connectivity index (χ4v) is 8.83. The maximum absolute atomic E-state index is 5.41. The predicted octanol–water partition coefficient (Wildman–Crippen LogP) is 15.2. The highest BCUT2D eigenvalue weighted by Crippen LogP contribution is 2.44. The average Bonchev–Trinajstić information content (AvgIpc) is 3.77. The van der Waals surface area contributed by atoms with E-state index in [1.807, 2.05) is 19.9 Å². The van der Waals surface area contributed by atoms with Crippen molar-refractivity contribution in [3.8, 4) is 27.9 Å². The van der Waals surface area contributed by atoms with E-state index >= 15 is 0 Å². The zero-order valence-corrected chi connectivity index (χ0v) is 33.6. The Morgan fingerprint density at radius 3 is 1.95 bits per heavy atom. The van der Waals surface area contributed by atoms with Gasteiger partial charge >= 0.3 is 0 Å². The van der Waals surface area contributed by atoms with Gasteiger partial charge in [0.15, 0.2) is 0 Å². The fraction of sp³-hybridized carbons (Fsp3) is 0.0893. The number of fused-ring (bicyclic) bond motifs is 3. The maximum atomic E-state index is 5.41. The van der Waals surface area contributed by atoms with Gasteiger partial charge < -0.3 is 4.57 Å². The number of allylic oxidation sites excluding steroid dienone is 2. The second kappa shape index (κ2) is 15.5. The second-order valence-electron chi connectivity index (χ2n) is 14.9. The standard InChI is InChI=1S/C54H40N2.C2H6/c1-35-28-29-40(41-30-31-52-49(33-41)46-24-12-13-27-51(46)56(52)43-21-8-5-9-22-43)32-48(35)45-23-11-10-18-42(45)34-50(55-37(3)38-16-6-4-7-17-38)53-36(2)44-25-14-19-39-20-15-26-47(53)54(39)44;1-2/h4-33H,3,34H2,1-2H3;1-2H3. The van der Waals surface area contributed by atoms with Gasteiger partial charge in [-0.3, -0.25) is 4.99 Å². The lowest BCUT2D eigenvalue weighted by Crippen LogP contribution is -2.08. The molecule has 8 aromatic carbocycles. The molecule has 9 aromatic rings. The normalized spacial score (nSPS) is 12.3. The zero-order valence-electron chi connectivity index (χ0n) is 33.6. The third kappa shape index (κ3) is 6.37. The number of hydrogen-bond donors (Lipinski definition) is 0. The van der Waals surface area contributed by atoms with Gasteiger partial charge in [0.1, 0.15) is 0 Å². The highest BCUT2D eigenvalue weighted by molar-refractivity contribution is 6.37. The molecule has 0 aliphatic heterocycles. The van der Waals surface area contributed by atoms with Gasteiger partial charge in [0.2, 0.25) is 0 Å². The van der Waals surface area contributed by atoms with Crippen LogP contribution in [-0.2, 0) is 6.42 Å². The van der Waals surface area contributed by atoms with Gasteiger partial charge in [-0.05, 0) is 117 Å². The van der Waals surface area contributed by atoms with Crippen LogP contribution in [0.25, 0.3) is 77.4 Å². The van der Waals surface area contributed by atoms with Crippen LogP contribution in [-0.4, -0.2) is 10.3 Å². The van der Waals surface area contributed by atoms with Gasteiger partial charge in [0, 0.05) is 28.5 Å². The number of benzene rings is 8. The van der Waals surface area contributed by atoms with Crippen LogP contribution in [0.4, 0.5) is 0 Å². The Morgan fingerprint density at radius 1 is 0.534 bits per heavy atom. The highest BCUT2D eigenvalue weighted by atomic mass is 15.0. The smallest absolute Gasteiger partial charge is 0.0633 e. The van der Waals surface area contributed by atoms with Crippen LogP contribution in [0.1, 0.15) is 48.6 Å². The molecule has 2 heteroatoms. The monoisotopic (exact) mass is 746 g/mol. The summed E-state index contributed by atoms with van der Waals surface area (Å²) in [5.74, 6) is 0. The van der Waals surface area contributed by atoms with Gasteiger partial charge in [-0.15, -0.1) is 0 Å². The second-order valence-corrected chi connectivity index (χ2v) is 14.9. The van der Waals surface area contributed by atoms with E-state index in [9.17, 15) is 0 Å². The van der Waals surface area contributed by atoms with E-state index < -0.39 is 0 Å². The molecular weight excluding hydrogens is 701 g/mol. The van der Waals surface area contributed by atoms with Crippen molar-refractivity contribution in [3.63, 3.8) is 0 Å². The Hall–Kier alpha value is -7.03. The number of hydrogen-bond acceptors (Lipinski definition) is 1. The van der Waals surface area contributed by atoms with E-state index in [1.165, 1.54) is 93.9 Å². The summed E-state index contributed by atoms with van der Waals surface area (Å²) in [5, 5.41) is 5.07. The molecular formula is C56H46N2. The summed E-state index contributed by atoms with van der Waals surface area (Å²) in [6, 6.07) is 65.6. The van der Waals surface area contributed by atoms with Crippen molar-refractivity contribution >= 4 is 55.1 Å². The summed E-state index contributed by atoms with van der Waals surface area (Å²) in [4.78, 5) is 5.41. The van der Waals surface area contributed by atoms with Crippen molar-refractivity contribution in [1.29, 1.82) is 0 Å². The van der Waals surface area contributed by atoms with E-state index in [2.05, 4.69) is 201 Å². The quantitative estimate of drug-likeness (QED) is 0.138. The van der Waals surface area contributed by atoms with E-state index in [0.29, 0.717) is 6.42 Å². The lowest BCUT2D eigenvalue weighted by Gasteiger charge is -2.17. The molecule has 0 amide bonds. The first-order valence-electron chi connectivity index (χ1n) is 20.4. The van der Waals surface area contributed by atoms with E-state index in [-0.39, 0.29) is 0 Å². The Morgan fingerprint density at radius 2 is 1.16 bits per heavy atom. The number of aliphatic imine (C=N–C) groups is 1. The molecule has 58 heavy (non-hydrogen) atoms. The topological polar surface area (TPSA) is 17.3 Å². The van der Waals surface area contributed by atoms with Crippen molar-refractivity contribution in [3.05, 3.63) is 216 Å². The predicted molar refractivity (Wildman–Crippen MR) is 251 cm³/mol. The van der Waals surface area contributed by atoms with Gasteiger partial charge in [-0.25, -0.2) is 0 Å². The van der Waals surface area contributed by atoms with Gasteiger partial charge in [-0.2, -0.15) is 0 Å². The molecule has 1 aliphatic rings. The van der Waals surface area contributed by atoms with Gasteiger partial charge in [0.25, 0.3) is 0 Å². The van der Waals surface area contributed by atoms with Crippen LogP contribution in [0.15, 0.2) is 194 Å². The molecule has 0 saturated heterocycles. The lowest BCUT2D eigenvalue weighted by molar-refractivity contribution is 1.18. The molecule has 0 unspecified atom stereocenters. The number of aryl methyl sites for hydroxylation is 1. The molecule has 0 fully saturated rings. The van der Waals surface area contributed by atoms with Gasteiger partial charge in [0.05, 0.1) is 22.4 Å². The van der Waals surface area contributed by atoms with Crippen LogP contribution >= 0.6 is 0 Å². The fourth-order valence-electron chi connectivity index (χ4n) is 8.83. The molecule has 1 aliphatic carbocycles. The summed E-state index contributed by atoms with van der Waals surface area (Å²) in [5.41, 5.74) is 18.7. The first-order chi connectivity index (χ1) is 28.5.